The van der Waals surface area contributed by atoms with E-state index in [4.69, 9.17) is 4.74 Å². The Hall–Kier alpha value is -1.05. The first-order chi connectivity index (χ1) is 8.81. The number of unbranched alkanes of at least 4 members (excludes halogenated alkanes) is 7. The summed E-state index contributed by atoms with van der Waals surface area (Å²) in [5.41, 5.74) is 0. The highest BCUT2D eigenvalue weighted by molar-refractivity contribution is 5.81. The van der Waals surface area contributed by atoms with Crippen LogP contribution < -0.4 is 0 Å². The van der Waals surface area contributed by atoms with Gasteiger partial charge < -0.3 is 4.74 Å². The lowest BCUT2D eigenvalue weighted by molar-refractivity contribution is -0.137. The summed E-state index contributed by atoms with van der Waals surface area (Å²) in [6.45, 7) is 6.09. The van der Waals surface area contributed by atoms with Crippen LogP contribution in [0.5, 0.6) is 0 Å². The number of hydrogen-bond acceptors (Lipinski definition) is 2. The smallest absolute Gasteiger partial charge is 0.330 e. The van der Waals surface area contributed by atoms with E-state index >= 15 is 0 Å². The van der Waals surface area contributed by atoms with Crippen LogP contribution in [0.1, 0.15) is 64.7 Å². The summed E-state index contributed by atoms with van der Waals surface area (Å²) in [5, 5.41) is 0. The van der Waals surface area contributed by atoms with E-state index in [0.717, 1.165) is 12.8 Å². The van der Waals surface area contributed by atoms with Crippen LogP contribution in [0.25, 0.3) is 0 Å². The van der Waals surface area contributed by atoms with E-state index in [1.807, 2.05) is 0 Å². The van der Waals surface area contributed by atoms with Crippen molar-refractivity contribution in [1.29, 1.82) is 0 Å². The zero-order valence-corrected chi connectivity index (χ0v) is 11.8. The number of esters is 1. The predicted molar refractivity (Wildman–Crippen MR) is 77.5 cm³/mol. The Morgan fingerprint density at radius 1 is 1.00 bits per heavy atom. The summed E-state index contributed by atoms with van der Waals surface area (Å²) in [4.78, 5) is 10.7. The lowest BCUT2D eigenvalue weighted by Gasteiger charge is -2.02. The quantitative estimate of drug-likeness (QED) is 0.216. The SMILES string of the molecule is C=CC(=O)OCCCCCCCC/C=C/CCC. The topological polar surface area (TPSA) is 26.3 Å². The fourth-order valence-corrected chi connectivity index (χ4v) is 1.71. The number of hydrogen-bond donors (Lipinski definition) is 0. The Morgan fingerprint density at radius 3 is 2.28 bits per heavy atom. The zero-order valence-electron chi connectivity index (χ0n) is 11.8. The van der Waals surface area contributed by atoms with Gasteiger partial charge >= 0.3 is 5.97 Å². The molecule has 0 aromatic heterocycles. The molecule has 0 amide bonds. The Balaban J connectivity index is 3.07. The van der Waals surface area contributed by atoms with E-state index in [0.29, 0.717) is 6.61 Å². The van der Waals surface area contributed by atoms with Gasteiger partial charge in [0, 0.05) is 6.08 Å². The third-order valence-electron chi connectivity index (χ3n) is 2.80. The van der Waals surface area contributed by atoms with Crippen molar-refractivity contribution < 1.29 is 9.53 Å². The third kappa shape index (κ3) is 13.0. The number of rotatable bonds is 12. The minimum atomic E-state index is -0.311. The van der Waals surface area contributed by atoms with Gasteiger partial charge in [-0.25, -0.2) is 4.79 Å². The van der Waals surface area contributed by atoms with Gasteiger partial charge in [0.15, 0.2) is 0 Å². The first-order valence-corrected chi connectivity index (χ1v) is 7.25. The fraction of sp³-hybridized carbons (Fsp3) is 0.688. The first kappa shape index (κ1) is 16.9. The second kappa shape index (κ2) is 14.0. The maximum atomic E-state index is 10.7. The summed E-state index contributed by atoms with van der Waals surface area (Å²) >= 11 is 0. The number of carbonyl (C=O) groups is 1. The largest absolute Gasteiger partial charge is 0.463 e. The lowest BCUT2D eigenvalue weighted by Crippen LogP contribution is -2.01. The van der Waals surface area contributed by atoms with Crippen molar-refractivity contribution in [3.05, 3.63) is 24.8 Å². The van der Waals surface area contributed by atoms with E-state index in [9.17, 15) is 4.79 Å². The summed E-state index contributed by atoms with van der Waals surface area (Å²) < 4.78 is 4.91. The molecule has 2 nitrogen and oxygen atoms in total. The van der Waals surface area contributed by atoms with Gasteiger partial charge in [0.05, 0.1) is 6.61 Å². The van der Waals surface area contributed by atoms with Crippen molar-refractivity contribution in [3.8, 4) is 0 Å². The normalized spacial score (nSPS) is 10.7. The average Bonchev–Trinajstić information content (AvgIpc) is 2.39. The molecule has 0 aromatic carbocycles. The molecule has 0 spiro atoms. The zero-order chi connectivity index (χ0) is 13.5. The lowest BCUT2D eigenvalue weighted by atomic mass is 10.1. The van der Waals surface area contributed by atoms with Crippen LogP contribution in [-0.2, 0) is 9.53 Å². The van der Waals surface area contributed by atoms with Crippen molar-refractivity contribution >= 4 is 5.97 Å². The average molecular weight is 252 g/mol. The molecule has 0 saturated carbocycles. The molecule has 0 aromatic rings. The summed E-state index contributed by atoms with van der Waals surface area (Å²) in [6.07, 6.45) is 16.7. The summed E-state index contributed by atoms with van der Waals surface area (Å²) in [5.74, 6) is -0.311. The molecule has 0 unspecified atom stereocenters. The van der Waals surface area contributed by atoms with Crippen LogP contribution in [0.4, 0.5) is 0 Å². The molecule has 18 heavy (non-hydrogen) atoms. The van der Waals surface area contributed by atoms with Gasteiger partial charge in [-0.2, -0.15) is 0 Å². The molecule has 0 aliphatic rings. The maximum Gasteiger partial charge on any atom is 0.330 e. The molecule has 104 valence electrons. The van der Waals surface area contributed by atoms with Crippen LogP contribution >= 0.6 is 0 Å². The molecule has 0 fully saturated rings. The number of ether oxygens (including phenoxy) is 1. The van der Waals surface area contributed by atoms with E-state index in [1.54, 1.807) is 0 Å². The molecule has 2 heteroatoms. The van der Waals surface area contributed by atoms with Gasteiger partial charge in [0.1, 0.15) is 0 Å². The molecule has 0 bridgehead atoms. The predicted octanol–water partition coefficient (Wildman–Crippen LogP) is 4.80. The molecular weight excluding hydrogens is 224 g/mol. The van der Waals surface area contributed by atoms with Crippen molar-refractivity contribution in [3.63, 3.8) is 0 Å². The first-order valence-electron chi connectivity index (χ1n) is 7.25. The molecule has 0 aliphatic carbocycles. The molecular formula is C16H28O2. The fourth-order valence-electron chi connectivity index (χ4n) is 1.71. The monoisotopic (exact) mass is 252 g/mol. The Labute approximate surface area is 112 Å². The molecule has 0 saturated heterocycles. The Morgan fingerprint density at radius 2 is 1.61 bits per heavy atom. The molecule has 0 heterocycles. The highest BCUT2D eigenvalue weighted by Gasteiger charge is 1.95. The van der Waals surface area contributed by atoms with Crippen molar-refractivity contribution in [2.75, 3.05) is 6.61 Å². The van der Waals surface area contributed by atoms with Crippen LogP contribution in [0.3, 0.4) is 0 Å². The minimum absolute atomic E-state index is 0.311. The van der Waals surface area contributed by atoms with E-state index < -0.39 is 0 Å². The minimum Gasteiger partial charge on any atom is -0.463 e. The van der Waals surface area contributed by atoms with Gasteiger partial charge in [-0.15, -0.1) is 0 Å². The highest BCUT2D eigenvalue weighted by Crippen LogP contribution is 2.08. The van der Waals surface area contributed by atoms with Crippen LogP contribution in [0, 0.1) is 0 Å². The van der Waals surface area contributed by atoms with Gasteiger partial charge in [0.2, 0.25) is 0 Å². The number of allylic oxidation sites excluding steroid dienone is 2. The van der Waals surface area contributed by atoms with Crippen molar-refractivity contribution in [1.82, 2.24) is 0 Å². The van der Waals surface area contributed by atoms with Gasteiger partial charge in [-0.05, 0) is 25.7 Å². The van der Waals surface area contributed by atoms with Crippen LogP contribution in [-0.4, -0.2) is 12.6 Å². The van der Waals surface area contributed by atoms with E-state index in [-0.39, 0.29) is 5.97 Å². The van der Waals surface area contributed by atoms with Gasteiger partial charge in [-0.1, -0.05) is 57.8 Å². The Bertz CT molecular complexity index is 231. The molecule has 0 N–H and O–H groups in total. The third-order valence-corrected chi connectivity index (χ3v) is 2.80. The van der Waals surface area contributed by atoms with E-state index in [2.05, 4.69) is 25.7 Å². The standard InChI is InChI=1S/C16H28O2/c1-3-5-6-7-8-9-10-11-12-13-14-15-18-16(17)4-2/h4,6-7H,2-3,5,8-15H2,1H3/b7-6+. The summed E-state index contributed by atoms with van der Waals surface area (Å²) in [6, 6.07) is 0. The maximum absolute atomic E-state index is 10.7. The molecule has 0 rings (SSSR count). The molecule has 0 atom stereocenters. The van der Waals surface area contributed by atoms with Gasteiger partial charge in [-0.3, -0.25) is 0 Å². The second-order valence-corrected chi connectivity index (χ2v) is 4.54. The molecule has 0 aliphatic heterocycles. The van der Waals surface area contributed by atoms with Crippen LogP contribution in [0.2, 0.25) is 0 Å². The van der Waals surface area contributed by atoms with Crippen molar-refractivity contribution in [2.24, 2.45) is 0 Å². The number of carbonyl (C=O) groups excluding carboxylic acids is 1. The highest BCUT2D eigenvalue weighted by atomic mass is 16.5. The Kier molecular flexibility index (Phi) is 13.2. The summed E-state index contributed by atoms with van der Waals surface area (Å²) in [7, 11) is 0. The van der Waals surface area contributed by atoms with Gasteiger partial charge in [0.25, 0.3) is 0 Å². The van der Waals surface area contributed by atoms with Crippen molar-refractivity contribution in [2.45, 2.75) is 64.7 Å². The molecule has 0 radical (unpaired) electrons. The van der Waals surface area contributed by atoms with E-state index in [1.165, 1.54) is 51.0 Å². The van der Waals surface area contributed by atoms with Crippen LogP contribution in [0.15, 0.2) is 24.8 Å². The second-order valence-electron chi connectivity index (χ2n) is 4.54.